The summed E-state index contributed by atoms with van der Waals surface area (Å²) in [6, 6.07) is -0.433. The van der Waals surface area contributed by atoms with Gasteiger partial charge in [0.1, 0.15) is 0 Å². The number of hydrogen-bond acceptors (Lipinski definition) is 5. The van der Waals surface area contributed by atoms with Gasteiger partial charge in [0.05, 0.1) is 19.7 Å². The number of methoxy groups -OCH3 is 1. The van der Waals surface area contributed by atoms with Crippen LogP contribution in [0.25, 0.3) is 0 Å². The maximum Gasteiger partial charge on any atom is 0.319 e. The van der Waals surface area contributed by atoms with E-state index in [0.717, 1.165) is 0 Å². The fourth-order valence-corrected chi connectivity index (χ4v) is 1.87. The van der Waals surface area contributed by atoms with Crippen molar-refractivity contribution in [3.8, 4) is 0 Å². The van der Waals surface area contributed by atoms with Crippen molar-refractivity contribution in [3.63, 3.8) is 0 Å². The van der Waals surface area contributed by atoms with Gasteiger partial charge in [0.25, 0.3) is 0 Å². The first-order chi connectivity index (χ1) is 8.45. The SMILES string of the molecule is COC(=O)CN1CCN(C(=O)[C@H](N)C(C)C)CC1.Cl. The normalized spacial score (nSPS) is 17.8. The number of rotatable bonds is 4. The lowest BCUT2D eigenvalue weighted by Gasteiger charge is -2.35. The molecule has 1 saturated heterocycles. The van der Waals surface area contributed by atoms with Crippen molar-refractivity contribution in [2.45, 2.75) is 19.9 Å². The number of amides is 1. The molecule has 0 saturated carbocycles. The van der Waals surface area contributed by atoms with E-state index < -0.39 is 6.04 Å². The summed E-state index contributed by atoms with van der Waals surface area (Å²) in [5.74, 6) is -0.0954. The number of piperazine rings is 1. The van der Waals surface area contributed by atoms with Gasteiger partial charge >= 0.3 is 5.97 Å². The van der Waals surface area contributed by atoms with E-state index in [2.05, 4.69) is 4.74 Å². The number of carbonyl (C=O) groups excluding carboxylic acids is 2. The highest BCUT2D eigenvalue weighted by Crippen LogP contribution is 2.07. The Morgan fingerprint density at radius 3 is 2.16 bits per heavy atom. The molecule has 1 heterocycles. The molecule has 0 radical (unpaired) electrons. The van der Waals surface area contributed by atoms with Gasteiger partial charge in [0.15, 0.2) is 0 Å². The average Bonchev–Trinajstić information content (AvgIpc) is 2.37. The first-order valence-corrected chi connectivity index (χ1v) is 6.29. The minimum Gasteiger partial charge on any atom is -0.468 e. The first kappa shape index (κ1) is 18.1. The summed E-state index contributed by atoms with van der Waals surface area (Å²) in [6.07, 6.45) is 0. The molecule has 1 rings (SSSR count). The monoisotopic (exact) mass is 293 g/mol. The molecule has 0 unspecified atom stereocenters. The van der Waals surface area contributed by atoms with E-state index in [0.29, 0.717) is 26.2 Å². The zero-order valence-electron chi connectivity index (χ0n) is 11.8. The lowest BCUT2D eigenvalue weighted by Crippen LogP contribution is -2.54. The second-order valence-electron chi connectivity index (χ2n) is 4.95. The third-order valence-electron chi connectivity index (χ3n) is 3.27. The molecular formula is C12H24ClN3O3. The topological polar surface area (TPSA) is 75.9 Å². The zero-order chi connectivity index (χ0) is 13.7. The van der Waals surface area contributed by atoms with Gasteiger partial charge in [-0.05, 0) is 5.92 Å². The molecule has 0 bridgehead atoms. The van der Waals surface area contributed by atoms with Crippen LogP contribution >= 0.6 is 12.4 Å². The molecule has 1 amide bonds. The van der Waals surface area contributed by atoms with Crippen molar-refractivity contribution < 1.29 is 14.3 Å². The summed E-state index contributed by atoms with van der Waals surface area (Å²) >= 11 is 0. The van der Waals surface area contributed by atoms with Gasteiger partial charge in [0.2, 0.25) is 5.91 Å². The summed E-state index contributed by atoms with van der Waals surface area (Å²) in [4.78, 5) is 26.9. The molecule has 2 N–H and O–H groups in total. The van der Waals surface area contributed by atoms with Crippen molar-refractivity contribution in [1.29, 1.82) is 0 Å². The number of nitrogens with two attached hydrogens (primary N) is 1. The highest BCUT2D eigenvalue weighted by Gasteiger charge is 2.27. The number of carbonyl (C=O) groups is 2. The Balaban J connectivity index is 0.00000324. The van der Waals surface area contributed by atoms with E-state index in [9.17, 15) is 9.59 Å². The molecule has 0 aromatic rings. The Kier molecular flexibility index (Phi) is 7.97. The van der Waals surface area contributed by atoms with Crippen molar-refractivity contribution >= 4 is 24.3 Å². The van der Waals surface area contributed by atoms with Crippen molar-refractivity contribution in [1.82, 2.24) is 9.80 Å². The van der Waals surface area contributed by atoms with Crippen LogP contribution in [0.15, 0.2) is 0 Å². The summed E-state index contributed by atoms with van der Waals surface area (Å²) < 4.78 is 4.62. The lowest BCUT2D eigenvalue weighted by molar-refractivity contribution is -0.143. The van der Waals surface area contributed by atoms with E-state index in [4.69, 9.17) is 5.73 Å². The lowest BCUT2D eigenvalue weighted by atomic mass is 10.0. The van der Waals surface area contributed by atoms with Gasteiger partial charge in [-0.15, -0.1) is 12.4 Å². The number of hydrogen-bond donors (Lipinski definition) is 1. The molecule has 0 aliphatic carbocycles. The van der Waals surface area contributed by atoms with Crippen LogP contribution in [-0.4, -0.2) is 67.6 Å². The molecule has 6 nitrogen and oxygen atoms in total. The summed E-state index contributed by atoms with van der Waals surface area (Å²) in [6.45, 7) is 6.78. The summed E-state index contributed by atoms with van der Waals surface area (Å²) in [5.41, 5.74) is 5.85. The minimum atomic E-state index is -0.433. The van der Waals surface area contributed by atoms with Gasteiger partial charge in [-0.3, -0.25) is 14.5 Å². The van der Waals surface area contributed by atoms with Gasteiger partial charge in [-0.1, -0.05) is 13.8 Å². The quantitative estimate of drug-likeness (QED) is 0.721. The number of esters is 1. The van der Waals surface area contributed by atoms with E-state index in [1.54, 1.807) is 4.90 Å². The van der Waals surface area contributed by atoms with Crippen LogP contribution in [0.1, 0.15) is 13.8 Å². The molecule has 1 aliphatic rings. The molecule has 1 aliphatic heterocycles. The fraction of sp³-hybridized carbons (Fsp3) is 0.833. The molecule has 19 heavy (non-hydrogen) atoms. The molecule has 0 spiro atoms. The Morgan fingerprint density at radius 2 is 1.74 bits per heavy atom. The predicted octanol–water partition coefficient (Wildman–Crippen LogP) is -0.291. The van der Waals surface area contributed by atoms with Crippen LogP contribution in [0.3, 0.4) is 0 Å². The Morgan fingerprint density at radius 1 is 1.21 bits per heavy atom. The first-order valence-electron chi connectivity index (χ1n) is 6.29. The Labute approximate surface area is 120 Å². The smallest absolute Gasteiger partial charge is 0.319 e. The molecule has 112 valence electrons. The van der Waals surface area contributed by atoms with Gasteiger partial charge in [0, 0.05) is 26.2 Å². The molecule has 1 fully saturated rings. The van der Waals surface area contributed by atoms with E-state index >= 15 is 0 Å². The molecular weight excluding hydrogens is 270 g/mol. The van der Waals surface area contributed by atoms with Crippen LogP contribution in [0.4, 0.5) is 0 Å². The number of halogens is 1. The van der Waals surface area contributed by atoms with Crippen molar-refractivity contribution in [2.75, 3.05) is 39.8 Å². The fourth-order valence-electron chi connectivity index (χ4n) is 1.87. The molecule has 7 heteroatoms. The van der Waals surface area contributed by atoms with Crippen LogP contribution < -0.4 is 5.73 Å². The van der Waals surface area contributed by atoms with Crippen LogP contribution in [0.5, 0.6) is 0 Å². The highest BCUT2D eigenvalue weighted by atomic mass is 35.5. The Bertz CT molecular complexity index is 305. The number of nitrogens with zero attached hydrogens (tertiary/aromatic N) is 2. The molecule has 0 aromatic heterocycles. The predicted molar refractivity (Wildman–Crippen MR) is 75.1 cm³/mol. The van der Waals surface area contributed by atoms with Crippen LogP contribution in [-0.2, 0) is 14.3 Å². The average molecular weight is 294 g/mol. The molecule has 0 aromatic carbocycles. The second-order valence-corrected chi connectivity index (χ2v) is 4.95. The Hall–Kier alpha value is -0.850. The van der Waals surface area contributed by atoms with Crippen molar-refractivity contribution in [2.24, 2.45) is 11.7 Å². The standard InChI is InChI=1S/C12H23N3O3.ClH/c1-9(2)11(13)12(17)15-6-4-14(5-7-15)8-10(16)18-3;/h9,11H,4-8,13H2,1-3H3;1H/t11-;/m1./s1. The summed E-state index contributed by atoms with van der Waals surface area (Å²) in [5, 5.41) is 0. The van der Waals surface area contributed by atoms with E-state index in [1.807, 2.05) is 18.7 Å². The van der Waals surface area contributed by atoms with Crippen molar-refractivity contribution in [3.05, 3.63) is 0 Å². The van der Waals surface area contributed by atoms with Gasteiger partial charge < -0.3 is 15.4 Å². The second kappa shape index (κ2) is 8.35. The largest absolute Gasteiger partial charge is 0.468 e. The molecule has 1 atom stereocenters. The van der Waals surface area contributed by atoms with E-state index in [-0.39, 0.29) is 36.7 Å². The van der Waals surface area contributed by atoms with Gasteiger partial charge in [-0.2, -0.15) is 0 Å². The minimum absolute atomic E-state index is 0. The zero-order valence-corrected chi connectivity index (χ0v) is 12.6. The van der Waals surface area contributed by atoms with Crippen LogP contribution in [0, 0.1) is 5.92 Å². The third-order valence-corrected chi connectivity index (χ3v) is 3.27. The highest BCUT2D eigenvalue weighted by molar-refractivity contribution is 5.85. The maximum absolute atomic E-state index is 12.0. The number of ether oxygens (including phenoxy) is 1. The maximum atomic E-state index is 12.0. The summed E-state index contributed by atoms with van der Waals surface area (Å²) in [7, 11) is 1.38. The van der Waals surface area contributed by atoms with E-state index in [1.165, 1.54) is 7.11 Å². The van der Waals surface area contributed by atoms with Gasteiger partial charge in [-0.25, -0.2) is 0 Å². The van der Waals surface area contributed by atoms with Crippen LogP contribution in [0.2, 0.25) is 0 Å². The third kappa shape index (κ3) is 5.34.